The zero-order chi connectivity index (χ0) is 13.2. The SMILES string of the molecule is CCC1(CC)CNCC(c2ccc(Cl)c(Cl)c2)O1. The topological polar surface area (TPSA) is 21.3 Å². The molecule has 1 aliphatic rings. The lowest BCUT2D eigenvalue weighted by Gasteiger charge is -2.41. The lowest BCUT2D eigenvalue weighted by atomic mass is 9.93. The van der Waals surface area contributed by atoms with Gasteiger partial charge in [0.1, 0.15) is 0 Å². The molecule has 0 aliphatic carbocycles. The number of morpholine rings is 1. The molecule has 0 saturated carbocycles. The number of hydrogen-bond donors (Lipinski definition) is 1. The molecule has 1 saturated heterocycles. The predicted octanol–water partition coefficient (Wildman–Crippen LogP) is 4.21. The highest BCUT2D eigenvalue weighted by atomic mass is 35.5. The molecule has 18 heavy (non-hydrogen) atoms. The van der Waals surface area contributed by atoms with Crippen LogP contribution in [0.25, 0.3) is 0 Å². The summed E-state index contributed by atoms with van der Waals surface area (Å²) in [5.74, 6) is 0. The second-order valence-corrected chi connectivity index (χ2v) is 5.62. The zero-order valence-corrected chi connectivity index (χ0v) is 12.3. The van der Waals surface area contributed by atoms with Crippen LogP contribution in [0.5, 0.6) is 0 Å². The number of rotatable bonds is 3. The Hall–Kier alpha value is -0.280. The van der Waals surface area contributed by atoms with Crippen LogP contribution >= 0.6 is 23.2 Å². The van der Waals surface area contributed by atoms with Gasteiger partial charge in [-0.05, 0) is 30.5 Å². The normalized spacial score (nSPS) is 23.0. The van der Waals surface area contributed by atoms with Gasteiger partial charge in [0.15, 0.2) is 0 Å². The average molecular weight is 288 g/mol. The molecule has 1 aromatic rings. The summed E-state index contributed by atoms with van der Waals surface area (Å²) >= 11 is 12.0. The fraction of sp³-hybridized carbons (Fsp3) is 0.571. The van der Waals surface area contributed by atoms with Gasteiger partial charge in [-0.25, -0.2) is 0 Å². The Morgan fingerprint density at radius 1 is 1.28 bits per heavy atom. The number of hydrogen-bond acceptors (Lipinski definition) is 2. The smallest absolute Gasteiger partial charge is 0.0957 e. The summed E-state index contributed by atoms with van der Waals surface area (Å²) in [6.45, 7) is 6.07. The van der Waals surface area contributed by atoms with E-state index < -0.39 is 0 Å². The van der Waals surface area contributed by atoms with Crippen LogP contribution in [0.4, 0.5) is 0 Å². The van der Waals surface area contributed by atoms with Crippen LogP contribution in [-0.4, -0.2) is 18.7 Å². The molecule has 0 amide bonds. The maximum atomic E-state index is 6.29. The number of ether oxygens (including phenoxy) is 1. The molecule has 100 valence electrons. The van der Waals surface area contributed by atoms with Crippen LogP contribution in [0.1, 0.15) is 38.4 Å². The zero-order valence-electron chi connectivity index (χ0n) is 10.8. The molecule has 4 heteroatoms. The number of halogens is 2. The first-order valence-electron chi connectivity index (χ1n) is 6.43. The highest BCUT2D eigenvalue weighted by Gasteiger charge is 2.34. The summed E-state index contributed by atoms with van der Waals surface area (Å²) < 4.78 is 6.29. The molecule has 1 unspecified atom stereocenters. The fourth-order valence-electron chi connectivity index (χ4n) is 2.38. The van der Waals surface area contributed by atoms with Crippen molar-refractivity contribution in [3.05, 3.63) is 33.8 Å². The Bertz CT molecular complexity index is 418. The van der Waals surface area contributed by atoms with Crippen LogP contribution < -0.4 is 5.32 Å². The molecule has 0 radical (unpaired) electrons. The van der Waals surface area contributed by atoms with Gasteiger partial charge in [0, 0.05) is 13.1 Å². The summed E-state index contributed by atoms with van der Waals surface area (Å²) in [6, 6.07) is 5.72. The first-order valence-corrected chi connectivity index (χ1v) is 7.19. The third-order valence-corrected chi connectivity index (χ3v) is 4.51. The van der Waals surface area contributed by atoms with E-state index in [1.165, 1.54) is 0 Å². The quantitative estimate of drug-likeness (QED) is 0.899. The lowest BCUT2D eigenvalue weighted by Crippen LogP contribution is -2.50. The van der Waals surface area contributed by atoms with Gasteiger partial charge in [0.25, 0.3) is 0 Å². The molecule has 1 atom stereocenters. The second kappa shape index (κ2) is 5.79. The van der Waals surface area contributed by atoms with E-state index in [-0.39, 0.29) is 11.7 Å². The first kappa shape index (κ1) is 14.1. The Labute approximate surface area is 119 Å². The molecule has 0 spiro atoms. The van der Waals surface area contributed by atoms with Gasteiger partial charge in [-0.2, -0.15) is 0 Å². The molecule has 1 fully saturated rings. The molecular formula is C14H19Cl2NO. The molecule has 0 bridgehead atoms. The van der Waals surface area contributed by atoms with Gasteiger partial charge in [0.2, 0.25) is 0 Å². The second-order valence-electron chi connectivity index (χ2n) is 4.80. The summed E-state index contributed by atoms with van der Waals surface area (Å²) in [5, 5.41) is 4.63. The Morgan fingerprint density at radius 3 is 2.61 bits per heavy atom. The van der Waals surface area contributed by atoms with Gasteiger partial charge in [0.05, 0.1) is 21.8 Å². The first-order chi connectivity index (χ1) is 8.60. The van der Waals surface area contributed by atoms with Crippen molar-refractivity contribution < 1.29 is 4.74 Å². The molecule has 2 nitrogen and oxygen atoms in total. The van der Waals surface area contributed by atoms with Crippen molar-refractivity contribution in [2.75, 3.05) is 13.1 Å². The third-order valence-electron chi connectivity index (χ3n) is 3.77. The molecule has 1 N–H and O–H groups in total. The molecule has 0 aromatic heterocycles. The average Bonchev–Trinajstić information content (AvgIpc) is 2.42. The van der Waals surface area contributed by atoms with Gasteiger partial charge < -0.3 is 10.1 Å². The summed E-state index contributed by atoms with van der Waals surface area (Å²) in [5.41, 5.74) is 1.03. The van der Waals surface area contributed by atoms with Crippen LogP contribution in [0.15, 0.2) is 18.2 Å². The van der Waals surface area contributed by atoms with Crippen molar-refractivity contribution in [1.29, 1.82) is 0 Å². The Balaban J connectivity index is 2.20. The minimum absolute atomic E-state index is 0.0495. The van der Waals surface area contributed by atoms with Crippen molar-refractivity contribution in [3.63, 3.8) is 0 Å². The minimum Gasteiger partial charge on any atom is -0.364 e. The predicted molar refractivity (Wildman–Crippen MR) is 76.5 cm³/mol. The van der Waals surface area contributed by atoms with Crippen molar-refractivity contribution in [3.8, 4) is 0 Å². The maximum absolute atomic E-state index is 6.29. The number of nitrogens with one attached hydrogen (secondary N) is 1. The van der Waals surface area contributed by atoms with Crippen molar-refractivity contribution in [1.82, 2.24) is 5.32 Å². The third kappa shape index (κ3) is 2.83. The fourth-order valence-corrected chi connectivity index (χ4v) is 2.69. The Kier molecular flexibility index (Phi) is 4.54. The Morgan fingerprint density at radius 2 is 2.00 bits per heavy atom. The van der Waals surface area contributed by atoms with E-state index in [9.17, 15) is 0 Å². The van der Waals surface area contributed by atoms with Crippen molar-refractivity contribution >= 4 is 23.2 Å². The summed E-state index contributed by atoms with van der Waals surface area (Å²) in [4.78, 5) is 0. The standard InChI is InChI=1S/C14H19Cl2NO/c1-3-14(4-2)9-17-8-13(18-14)10-5-6-11(15)12(16)7-10/h5-7,13,17H,3-4,8-9H2,1-2H3. The van der Waals surface area contributed by atoms with E-state index in [2.05, 4.69) is 19.2 Å². The number of benzene rings is 1. The van der Waals surface area contributed by atoms with Crippen LogP contribution in [-0.2, 0) is 4.74 Å². The van der Waals surface area contributed by atoms with Gasteiger partial charge in [-0.1, -0.05) is 43.1 Å². The van der Waals surface area contributed by atoms with Crippen LogP contribution in [0, 0.1) is 0 Å². The molecule has 1 aromatic carbocycles. The van der Waals surface area contributed by atoms with E-state index in [1.807, 2.05) is 18.2 Å². The largest absolute Gasteiger partial charge is 0.364 e. The van der Waals surface area contributed by atoms with E-state index in [0.29, 0.717) is 10.0 Å². The minimum atomic E-state index is -0.0605. The van der Waals surface area contributed by atoms with E-state index >= 15 is 0 Å². The lowest BCUT2D eigenvalue weighted by molar-refractivity contribution is -0.122. The van der Waals surface area contributed by atoms with Gasteiger partial charge in [-0.3, -0.25) is 0 Å². The highest BCUT2D eigenvalue weighted by Crippen LogP contribution is 2.34. The monoisotopic (exact) mass is 287 g/mol. The molecular weight excluding hydrogens is 269 g/mol. The molecule has 2 rings (SSSR count). The van der Waals surface area contributed by atoms with E-state index in [1.54, 1.807) is 0 Å². The van der Waals surface area contributed by atoms with Crippen LogP contribution in [0.2, 0.25) is 10.0 Å². The van der Waals surface area contributed by atoms with Crippen LogP contribution in [0.3, 0.4) is 0 Å². The molecule has 1 aliphatic heterocycles. The maximum Gasteiger partial charge on any atom is 0.0957 e. The van der Waals surface area contributed by atoms with E-state index in [0.717, 1.165) is 31.5 Å². The van der Waals surface area contributed by atoms with Crippen molar-refractivity contribution in [2.24, 2.45) is 0 Å². The van der Waals surface area contributed by atoms with E-state index in [4.69, 9.17) is 27.9 Å². The summed E-state index contributed by atoms with van der Waals surface area (Å²) in [7, 11) is 0. The highest BCUT2D eigenvalue weighted by molar-refractivity contribution is 6.42. The van der Waals surface area contributed by atoms with Gasteiger partial charge >= 0.3 is 0 Å². The van der Waals surface area contributed by atoms with Crippen molar-refractivity contribution in [2.45, 2.75) is 38.4 Å². The van der Waals surface area contributed by atoms with Gasteiger partial charge in [-0.15, -0.1) is 0 Å². The summed E-state index contributed by atoms with van der Waals surface area (Å²) in [6.07, 6.45) is 2.07. The molecule has 1 heterocycles.